The van der Waals surface area contributed by atoms with Gasteiger partial charge in [-0.25, -0.2) is 0 Å². The molecule has 9 heavy (non-hydrogen) atoms. The van der Waals surface area contributed by atoms with E-state index < -0.39 is 0 Å². The number of allylic oxidation sites excluding steroid dienone is 2. The van der Waals surface area contributed by atoms with Crippen LogP contribution >= 0.6 is 0 Å². The summed E-state index contributed by atoms with van der Waals surface area (Å²) in [4.78, 5) is 0. The Balaban J connectivity index is 0.000000640. The lowest BCUT2D eigenvalue weighted by molar-refractivity contribution is -0.781. The first kappa shape index (κ1) is 8.73. The molecule has 1 aliphatic rings. The van der Waals surface area contributed by atoms with Gasteiger partial charge in [-0.05, 0) is 13.0 Å². The molecule has 1 heterocycles. The summed E-state index contributed by atoms with van der Waals surface area (Å²) in [6.07, 6.45) is 6.51. The predicted molar refractivity (Wildman–Crippen MR) is 35.0 cm³/mol. The lowest BCUT2D eigenvalue weighted by atomic mass is 10.4. The summed E-state index contributed by atoms with van der Waals surface area (Å²) in [7, 11) is 4.29. The molecule has 0 aromatic rings. The Kier molecular flexibility index (Phi) is 2.47. The molecule has 2 heteroatoms. The van der Waals surface area contributed by atoms with E-state index in [0.29, 0.717) is 0 Å². The van der Waals surface area contributed by atoms with E-state index in [1.54, 1.807) is 0 Å². The van der Waals surface area contributed by atoms with Crippen LogP contribution in [0.5, 0.6) is 0 Å². The van der Waals surface area contributed by atoms with Crippen molar-refractivity contribution in [1.82, 2.24) is 0 Å². The fourth-order valence-electron chi connectivity index (χ4n) is 0.921. The predicted octanol–water partition coefficient (Wildman–Crippen LogP) is -1.50. The summed E-state index contributed by atoms with van der Waals surface area (Å²) in [6, 6.07) is 0. The van der Waals surface area contributed by atoms with Crippen LogP contribution in [0.4, 0.5) is 0 Å². The number of hydrogen-bond donors (Lipinski definition) is 0. The van der Waals surface area contributed by atoms with E-state index >= 15 is 0 Å². The minimum absolute atomic E-state index is 0. The molecule has 0 aliphatic carbocycles. The van der Waals surface area contributed by atoms with Gasteiger partial charge in [0.1, 0.15) is 12.4 Å². The van der Waals surface area contributed by atoms with Crippen molar-refractivity contribution < 1.29 is 16.9 Å². The minimum Gasteiger partial charge on any atom is -1.00 e. The summed E-state index contributed by atoms with van der Waals surface area (Å²) in [5.74, 6) is 0. The highest BCUT2D eigenvalue weighted by atomic mass is 35.5. The second kappa shape index (κ2) is 2.54. The number of nitrogens with zero attached hydrogens (tertiary/aromatic N) is 1. The Morgan fingerprint density at radius 1 is 1.33 bits per heavy atom. The van der Waals surface area contributed by atoms with Crippen LogP contribution in [0.2, 0.25) is 0 Å². The molecule has 0 saturated heterocycles. The van der Waals surface area contributed by atoms with Crippen LogP contribution in [0, 0.1) is 0 Å². The SMILES string of the molecule is CC1=C[N+](C)(C)C=C1.[Cl-]. The first-order chi connectivity index (χ1) is 3.60. The van der Waals surface area contributed by atoms with Gasteiger partial charge in [-0.1, -0.05) is 0 Å². The third kappa shape index (κ3) is 2.20. The van der Waals surface area contributed by atoms with Crippen LogP contribution in [0.25, 0.3) is 0 Å². The molecule has 0 aromatic carbocycles. The van der Waals surface area contributed by atoms with Crippen LogP contribution < -0.4 is 12.4 Å². The van der Waals surface area contributed by atoms with Crippen molar-refractivity contribution in [2.75, 3.05) is 14.1 Å². The molecule has 0 N–H and O–H groups in total. The number of halogens is 1. The van der Waals surface area contributed by atoms with Crippen LogP contribution in [-0.4, -0.2) is 18.6 Å². The van der Waals surface area contributed by atoms with Crippen LogP contribution in [0.3, 0.4) is 0 Å². The second-order valence-corrected chi connectivity index (χ2v) is 2.82. The maximum atomic E-state index is 2.21. The van der Waals surface area contributed by atoms with Crippen molar-refractivity contribution in [2.24, 2.45) is 0 Å². The van der Waals surface area contributed by atoms with Crippen molar-refractivity contribution in [3.63, 3.8) is 0 Å². The largest absolute Gasteiger partial charge is 1.00 e. The standard InChI is InChI=1S/C7H12N.ClH/c1-7-4-5-8(2,3)6-7;/h4-6H,1-3H3;1H/q+1;/p-1. The Labute approximate surface area is 62.7 Å². The Morgan fingerprint density at radius 2 is 1.89 bits per heavy atom. The fraction of sp³-hybridized carbons (Fsp3) is 0.429. The minimum atomic E-state index is 0. The highest BCUT2D eigenvalue weighted by Crippen LogP contribution is 2.13. The molecule has 1 aliphatic heterocycles. The van der Waals surface area contributed by atoms with E-state index in [0.717, 1.165) is 4.48 Å². The molecule has 0 radical (unpaired) electrons. The molecular formula is C7H12ClN. The summed E-state index contributed by atoms with van der Waals surface area (Å²) >= 11 is 0. The molecule has 0 aromatic heterocycles. The first-order valence-corrected chi connectivity index (χ1v) is 2.82. The first-order valence-electron chi connectivity index (χ1n) is 2.82. The molecule has 1 nitrogen and oxygen atoms in total. The van der Waals surface area contributed by atoms with Gasteiger partial charge in [0, 0.05) is 5.57 Å². The fourth-order valence-corrected chi connectivity index (χ4v) is 0.921. The van der Waals surface area contributed by atoms with Gasteiger partial charge in [-0.15, -0.1) is 0 Å². The zero-order chi connectivity index (χ0) is 6.20. The average molecular weight is 146 g/mol. The quantitative estimate of drug-likeness (QED) is 0.364. The Morgan fingerprint density at radius 3 is 2.00 bits per heavy atom. The highest BCUT2D eigenvalue weighted by molar-refractivity contribution is 5.16. The van der Waals surface area contributed by atoms with Crippen molar-refractivity contribution in [3.8, 4) is 0 Å². The molecule has 1 rings (SSSR count). The molecule has 0 amide bonds. The van der Waals surface area contributed by atoms with Crippen LogP contribution in [0.15, 0.2) is 24.0 Å². The Bertz CT molecular complexity index is 156. The molecule has 0 bridgehead atoms. The smallest absolute Gasteiger partial charge is 0.103 e. The zero-order valence-corrected chi connectivity index (χ0v) is 6.81. The summed E-state index contributed by atoms with van der Waals surface area (Å²) < 4.78 is 0.895. The van der Waals surface area contributed by atoms with Crippen molar-refractivity contribution >= 4 is 0 Å². The summed E-state index contributed by atoms with van der Waals surface area (Å²) in [5.41, 5.74) is 1.36. The van der Waals surface area contributed by atoms with Gasteiger partial charge < -0.3 is 12.4 Å². The lowest BCUT2D eigenvalue weighted by Gasteiger charge is -2.14. The maximum Gasteiger partial charge on any atom is 0.103 e. The average Bonchev–Trinajstić information content (AvgIpc) is 1.82. The van der Waals surface area contributed by atoms with Gasteiger partial charge in [0.05, 0.1) is 14.1 Å². The van der Waals surface area contributed by atoms with E-state index in [9.17, 15) is 0 Å². The Hall–Kier alpha value is -0.270. The zero-order valence-electron chi connectivity index (χ0n) is 6.06. The molecule has 0 atom stereocenters. The molecular weight excluding hydrogens is 134 g/mol. The topological polar surface area (TPSA) is 0 Å². The van der Waals surface area contributed by atoms with Gasteiger partial charge in [0.15, 0.2) is 0 Å². The third-order valence-electron chi connectivity index (χ3n) is 1.26. The number of quaternary nitrogens is 1. The molecule has 52 valence electrons. The molecule has 0 fully saturated rings. The van der Waals surface area contributed by atoms with Crippen LogP contribution in [0.1, 0.15) is 6.92 Å². The summed E-state index contributed by atoms with van der Waals surface area (Å²) in [6.45, 7) is 2.11. The van der Waals surface area contributed by atoms with Gasteiger partial charge in [0.2, 0.25) is 0 Å². The molecule has 0 unspecified atom stereocenters. The van der Waals surface area contributed by atoms with Crippen LogP contribution in [-0.2, 0) is 0 Å². The van der Waals surface area contributed by atoms with Crippen molar-refractivity contribution in [2.45, 2.75) is 6.92 Å². The number of hydrogen-bond acceptors (Lipinski definition) is 0. The van der Waals surface area contributed by atoms with Crippen molar-refractivity contribution in [3.05, 3.63) is 24.0 Å². The normalized spacial score (nSPS) is 21.0. The lowest BCUT2D eigenvalue weighted by Crippen LogP contribution is -3.00. The van der Waals surface area contributed by atoms with E-state index in [1.165, 1.54) is 5.57 Å². The van der Waals surface area contributed by atoms with E-state index in [4.69, 9.17) is 0 Å². The van der Waals surface area contributed by atoms with E-state index in [2.05, 4.69) is 39.5 Å². The van der Waals surface area contributed by atoms with Gasteiger partial charge >= 0.3 is 0 Å². The third-order valence-corrected chi connectivity index (χ3v) is 1.26. The maximum absolute atomic E-state index is 2.21. The van der Waals surface area contributed by atoms with E-state index in [-0.39, 0.29) is 12.4 Å². The monoisotopic (exact) mass is 145 g/mol. The highest BCUT2D eigenvalue weighted by Gasteiger charge is 2.12. The van der Waals surface area contributed by atoms with Crippen molar-refractivity contribution in [1.29, 1.82) is 0 Å². The number of rotatable bonds is 0. The van der Waals surface area contributed by atoms with Gasteiger partial charge in [0.25, 0.3) is 0 Å². The van der Waals surface area contributed by atoms with E-state index in [1.807, 2.05) is 0 Å². The summed E-state index contributed by atoms with van der Waals surface area (Å²) in [5, 5.41) is 0. The second-order valence-electron chi connectivity index (χ2n) is 2.82. The molecule has 0 saturated carbocycles. The van der Waals surface area contributed by atoms with Gasteiger partial charge in [-0.3, -0.25) is 4.48 Å². The van der Waals surface area contributed by atoms with Gasteiger partial charge in [-0.2, -0.15) is 0 Å². The molecule has 0 spiro atoms.